The number of hydrogen-bond acceptors (Lipinski definition) is 3. The molecule has 0 aromatic carbocycles. The van der Waals surface area contributed by atoms with Crippen molar-refractivity contribution in [1.82, 2.24) is 9.61 Å². The van der Waals surface area contributed by atoms with E-state index in [-0.39, 0.29) is 0 Å². The van der Waals surface area contributed by atoms with Crippen molar-refractivity contribution >= 4 is 18.5 Å². The lowest BCUT2D eigenvalue weighted by atomic mass is 9.83. The molecule has 0 atom stereocenters. The second kappa shape index (κ2) is 4.41. The lowest BCUT2D eigenvalue weighted by Gasteiger charge is -2.37. The molecule has 1 N–H and O–H groups in total. The second-order valence-corrected chi connectivity index (χ2v) is 5.44. The molecule has 2 heterocycles. The fourth-order valence-corrected chi connectivity index (χ4v) is 1.40. The van der Waals surface area contributed by atoms with Crippen LogP contribution in [0.1, 0.15) is 27.7 Å². The molecule has 2 aromatic rings. The standard InChI is InChI=1S/C13H18BN2O2/c1-12(2,17)13(3,4)18-14-10-9-15-16-8-6-5-7-11(10)16/h5-9,17H,1-4H3. The number of fused-ring (bicyclic) bond motifs is 1. The van der Waals surface area contributed by atoms with Gasteiger partial charge in [-0.05, 0) is 45.3 Å². The minimum atomic E-state index is -0.924. The number of nitrogens with zero attached hydrogens (tertiary/aromatic N) is 2. The molecular weight excluding hydrogens is 227 g/mol. The molecule has 0 aliphatic rings. The minimum Gasteiger partial charge on any atom is -0.426 e. The third kappa shape index (κ3) is 2.42. The maximum Gasteiger partial charge on any atom is 0.334 e. The van der Waals surface area contributed by atoms with Crippen molar-refractivity contribution in [3.63, 3.8) is 0 Å². The molecule has 0 spiro atoms. The quantitative estimate of drug-likeness (QED) is 0.822. The van der Waals surface area contributed by atoms with Crippen molar-refractivity contribution < 1.29 is 9.76 Å². The summed E-state index contributed by atoms with van der Waals surface area (Å²) >= 11 is 0. The number of aliphatic hydroxyl groups is 1. The van der Waals surface area contributed by atoms with Crippen LogP contribution < -0.4 is 5.46 Å². The Morgan fingerprint density at radius 3 is 2.67 bits per heavy atom. The van der Waals surface area contributed by atoms with Crippen molar-refractivity contribution in [3.05, 3.63) is 30.6 Å². The largest absolute Gasteiger partial charge is 0.426 e. The third-order valence-electron chi connectivity index (χ3n) is 3.41. The predicted molar refractivity (Wildman–Crippen MR) is 72.0 cm³/mol. The van der Waals surface area contributed by atoms with Gasteiger partial charge in [-0.3, -0.25) is 0 Å². The lowest BCUT2D eigenvalue weighted by molar-refractivity contribution is -0.0893. The van der Waals surface area contributed by atoms with Crippen LogP contribution in [0.4, 0.5) is 0 Å². The summed E-state index contributed by atoms with van der Waals surface area (Å²) in [6.07, 6.45) is 3.63. The summed E-state index contributed by atoms with van der Waals surface area (Å²) in [5.41, 5.74) is 0.277. The van der Waals surface area contributed by atoms with Crippen LogP contribution in [-0.4, -0.2) is 33.4 Å². The highest BCUT2D eigenvalue weighted by Crippen LogP contribution is 2.24. The molecule has 4 nitrogen and oxygen atoms in total. The number of aromatic nitrogens is 2. The zero-order valence-electron chi connectivity index (χ0n) is 11.2. The molecule has 18 heavy (non-hydrogen) atoms. The maximum absolute atomic E-state index is 10.0. The summed E-state index contributed by atoms with van der Waals surface area (Å²) < 4.78 is 7.50. The number of hydrogen-bond donors (Lipinski definition) is 1. The Morgan fingerprint density at radius 1 is 1.28 bits per heavy atom. The molecule has 1 radical (unpaired) electrons. The fraction of sp³-hybridized carbons (Fsp3) is 0.462. The molecule has 0 unspecified atom stereocenters. The summed E-state index contributed by atoms with van der Waals surface area (Å²) in [4.78, 5) is 0. The Hall–Kier alpha value is -1.33. The van der Waals surface area contributed by atoms with Crippen LogP contribution in [0.2, 0.25) is 0 Å². The monoisotopic (exact) mass is 245 g/mol. The molecule has 5 heteroatoms. The lowest BCUT2D eigenvalue weighted by Crippen LogP contribution is -2.49. The highest BCUT2D eigenvalue weighted by Gasteiger charge is 2.35. The first-order valence-corrected chi connectivity index (χ1v) is 5.97. The molecule has 0 saturated carbocycles. The summed E-state index contributed by atoms with van der Waals surface area (Å²) in [5.74, 6) is 0. The van der Waals surface area contributed by atoms with Crippen molar-refractivity contribution in [2.24, 2.45) is 0 Å². The minimum absolute atomic E-state index is 0.671. The van der Waals surface area contributed by atoms with Crippen molar-refractivity contribution in [2.75, 3.05) is 0 Å². The molecule has 95 valence electrons. The average molecular weight is 245 g/mol. The van der Waals surface area contributed by atoms with Gasteiger partial charge in [-0.2, -0.15) is 5.10 Å². The molecule has 0 saturated heterocycles. The van der Waals surface area contributed by atoms with Gasteiger partial charge in [0.1, 0.15) is 0 Å². The average Bonchev–Trinajstić information content (AvgIpc) is 2.68. The van der Waals surface area contributed by atoms with Gasteiger partial charge in [-0.15, -0.1) is 0 Å². The first-order chi connectivity index (χ1) is 8.31. The number of pyridine rings is 1. The van der Waals surface area contributed by atoms with Gasteiger partial charge in [0.15, 0.2) is 0 Å². The third-order valence-corrected chi connectivity index (χ3v) is 3.41. The summed E-state index contributed by atoms with van der Waals surface area (Å²) in [5, 5.41) is 14.2. The molecule has 0 aliphatic heterocycles. The summed E-state index contributed by atoms with van der Waals surface area (Å²) in [6, 6.07) is 5.85. The van der Waals surface area contributed by atoms with Crippen LogP contribution in [0, 0.1) is 0 Å². The van der Waals surface area contributed by atoms with E-state index < -0.39 is 11.2 Å². The predicted octanol–water partition coefficient (Wildman–Crippen LogP) is 1.14. The highest BCUT2D eigenvalue weighted by molar-refractivity contribution is 6.50. The zero-order chi connectivity index (χ0) is 13.4. The van der Waals surface area contributed by atoms with Crippen molar-refractivity contribution in [1.29, 1.82) is 0 Å². The molecular formula is C13H18BN2O2. The van der Waals surface area contributed by atoms with Gasteiger partial charge >= 0.3 is 7.48 Å². The zero-order valence-corrected chi connectivity index (χ0v) is 11.2. The molecule has 2 rings (SSSR count). The normalized spacial score (nSPS) is 12.9. The fourth-order valence-electron chi connectivity index (χ4n) is 1.40. The van der Waals surface area contributed by atoms with E-state index in [1.165, 1.54) is 0 Å². The molecule has 0 bridgehead atoms. The van der Waals surface area contributed by atoms with E-state index >= 15 is 0 Å². The van der Waals surface area contributed by atoms with Gasteiger partial charge in [-0.25, -0.2) is 4.52 Å². The van der Waals surface area contributed by atoms with Crippen LogP contribution in [-0.2, 0) is 4.65 Å². The Labute approximate surface area is 108 Å². The van der Waals surface area contributed by atoms with E-state index in [9.17, 15) is 5.11 Å². The Kier molecular flexibility index (Phi) is 3.21. The van der Waals surface area contributed by atoms with Gasteiger partial charge in [-0.1, -0.05) is 6.07 Å². The highest BCUT2D eigenvalue weighted by atomic mass is 16.5. The van der Waals surface area contributed by atoms with Gasteiger partial charge in [0.2, 0.25) is 0 Å². The molecule has 0 amide bonds. The summed E-state index contributed by atoms with van der Waals surface area (Å²) in [7, 11) is 1.65. The van der Waals surface area contributed by atoms with E-state index in [0.29, 0.717) is 0 Å². The smallest absolute Gasteiger partial charge is 0.334 e. The summed E-state index contributed by atoms with van der Waals surface area (Å²) in [6.45, 7) is 7.18. The Morgan fingerprint density at radius 2 is 2.00 bits per heavy atom. The first kappa shape index (κ1) is 13.1. The van der Waals surface area contributed by atoms with E-state index in [0.717, 1.165) is 11.0 Å². The molecule has 2 aromatic heterocycles. The van der Waals surface area contributed by atoms with Gasteiger partial charge in [0.05, 0.1) is 16.7 Å². The maximum atomic E-state index is 10.0. The van der Waals surface area contributed by atoms with Crippen LogP contribution in [0.5, 0.6) is 0 Å². The van der Waals surface area contributed by atoms with Gasteiger partial charge < -0.3 is 9.76 Å². The topological polar surface area (TPSA) is 46.8 Å². The Balaban J connectivity index is 2.16. The van der Waals surface area contributed by atoms with E-state index in [1.807, 2.05) is 38.2 Å². The van der Waals surface area contributed by atoms with Crippen LogP contribution in [0.15, 0.2) is 30.6 Å². The molecule has 0 fully saturated rings. The molecule has 0 aliphatic carbocycles. The van der Waals surface area contributed by atoms with E-state index in [1.54, 1.807) is 32.0 Å². The van der Waals surface area contributed by atoms with E-state index in [2.05, 4.69) is 5.10 Å². The SMILES string of the molecule is CC(C)(O)C(C)(C)O[B]c1cnn2ccccc12. The first-order valence-electron chi connectivity index (χ1n) is 5.97. The van der Waals surface area contributed by atoms with Gasteiger partial charge in [0.25, 0.3) is 0 Å². The van der Waals surface area contributed by atoms with Crippen LogP contribution in [0.25, 0.3) is 5.52 Å². The van der Waals surface area contributed by atoms with Crippen LogP contribution in [0.3, 0.4) is 0 Å². The number of rotatable bonds is 4. The Bertz CT molecular complexity index is 543. The van der Waals surface area contributed by atoms with Gasteiger partial charge in [0, 0.05) is 12.4 Å². The second-order valence-electron chi connectivity index (χ2n) is 5.44. The van der Waals surface area contributed by atoms with Crippen molar-refractivity contribution in [2.45, 2.75) is 38.9 Å². The van der Waals surface area contributed by atoms with E-state index in [4.69, 9.17) is 4.65 Å². The van der Waals surface area contributed by atoms with Crippen LogP contribution >= 0.6 is 0 Å². The van der Waals surface area contributed by atoms with Crippen molar-refractivity contribution in [3.8, 4) is 0 Å².